The highest BCUT2D eigenvalue weighted by molar-refractivity contribution is 5.26. The van der Waals surface area contributed by atoms with E-state index in [1.807, 2.05) is 0 Å². The van der Waals surface area contributed by atoms with E-state index in [2.05, 4.69) is 38.1 Å². The maximum absolute atomic E-state index is 3.48. The molecule has 0 heteroatoms. The minimum Gasteiger partial charge on any atom is -0.0654 e. The Morgan fingerprint density at radius 2 is 1.35 bits per heavy atom. The maximum atomic E-state index is 3.48. The van der Waals surface area contributed by atoms with E-state index < -0.39 is 0 Å². The van der Waals surface area contributed by atoms with Gasteiger partial charge >= 0.3 is 0 Å². The van der Waals surface area contributed by atoms with E-state index in [-0.39, 0.29) is 0 Å². The molecule has 0 unspecified atom stereocenters. The van der Waals surface area contributed by atoms with Crippen molar-refractivity contribution in [3.8, 4) is 0 Å². The topological polar surface area (TPSA) is 0 Å². The van der Waals surface area contributed by atoms with Crippen molar-refractivity contribution >= 4 is 0 Å². The molecule has 1 rings (SSSR count). The second-order valence-corrected chi connectivity index (χ2v) is 6.00. The minimum atomic E-state index is 1.23. The van der Waals surface area contributed by atoms with Crippen molar-refractivity contribution in [1.82, 2.24) is 0 Å². The lowest BCUT2D eigenvalue weighted by Gasteiger charge is -2.09. The van der Waals surface area contributed by atoms with E-state index in [9.17, 15) is 0 Å². The van der Waals surface area contributed by atoms with Crippen LogP contribution in [0.25, 0.3) is 0 Å². The largest absolute Gasteiger partial charge is 0.0654 e. The van der Waals surface area contributed by atoms with Crippen molar-refractivity contribution in [3.05, 3.63) is 35.4 Å². The van der Waals surface area contributed by atoms with Gasteiger partial charge in [0.1, 0.15) is 0 Å². The molecule has 20 heavy (non-hydrogen) atoms. The van der Waals surface area contributed by atoms with Crippen molar-refractivity contribution in [2.24, 2.45) is 0 Å². The molecular formula is C20H33. The summed E-state index contributed by atoms with van der Waals surface area (Å²) in [7, 11) is 0. The van der Waals surface area contributed by atoms with E-state index in [1.54, 1.807) is 5.56 Å². The molecule has 0 spiro atoms. The zero-order valence-corrected chi connectivity index (χ0v) is 13.7. The molecule has 0 aliphatic rings. The number of benzene rings is 1. The van der Waals surface area contributed by atoms with Crippen LogP contribution in [0.15, 0.2) is 18.2 Å². The summed E-state index contributed by atoms with van der Waals surface area (Å²) in [5.41, 5.74) is 3.04. The Balaban J connectivity index is 2.27. The molecule has 0 saturated carbocycles. The van der Waals surface area contributed by atoms with Crippen LogP contribution >= 0.6 is 0 Å². The first-order valence-corrected chi connectivity index (χ1v) is 8.87. The summed E-state index contributed by atoms with van der Waals surface area (Å²) >= 11 is 0. The molecule has 0 fully saturated rings. The summed E-state index contributed by atoms with van der Waals surface area (Å²) in [4.78, 5) is 0. The lowest BCUT2D eigenvalue weighted by Crippen LogP contribution is -1.95. The summed E-state index contributed by atoms with van der Waals surface area (Å²) in [6.45, 7) is 4.56. The third kappa shape index (κ3) is 7.72. The average Bonchev–Trinajstić information content (AvgIpc) is 2.48. The van der Waals surface area contributed by atoms with Crippen molar-refractivity contribution in [2.75, 3.05) is 0 Å². The number of hydrogen-bond donors (Lipinski definition) is 0. The molecule has 0 atom stereocenters. The second kappa shape index (κ2) is 12.0. The molecule has 0 heterocycles. The molecule has 0 bridgehead atoms. The monoisotopic (exact) mass is 273 g/mol. The SMILES string of the molecule is CCCCCCCc1[c]cccc1CCCCCCC. The summed E-state index contributed by atoms with van der Waals surface area (Å²) < 4.78 is 0. The van der Waals surface area contributed by atoms with E-state index >= 15 is 0 Å². The van der Waals surface area contributed by atoms with Gasteiger partial charge in [-0.1, -0.05) is 83.4 Å². The minimum absolute atomic E-state index is 1.23. The molecule has 113 valence electrons. The Morgan fingerprint density at radius 1 is 0.750 bits per heavy atom. The van der Waals surface area contributed by atoms with E-state index in [1.165, 1.54) is 82.6 Å². The van der Waals surface area contributed by atoms with Gasteiger partial charge in [0.25, 0.3) is 0 Å². The van der Waals surface area contributed by atoms with Crippen molar-refractivity contribution < 1.29 is 0 Å². The molecule has 0 amide bonds. The number of rotatable bonds is 12. The van der Waals surface area contributed by atoms with Crippen molar-refractivity contribution in [3.63, 3.8) is 0 Å². The van der Waals surface area contributed by atoms with Crippen LogP contribution in [-0.2, 0) is 12.8 Å². The van der Waals surface area contributed by atoms with Gasteiger partial charge in [0.05, 0.1) is 0 Å². The Hall–Kier alpha value is -0.780. The number of hydrogen-bond acceptors (Lipinski definition) is 0. The highest BCUT2D eigenvalue weighted by Crippen LogP contribution is 2.16. The predicted octanol–water partition coefficient (Wildman–Crippen LogP) is 6.51. The fourth-order valence-corrected chi connectivity index (χ4v) is 2.80. The third-order valence-corrected chi connectivity index (χ3v) is 4.12. The maximum Gasteiger partial charge on any atom is -0.0146 e. The molecule has 0 aliphatic heterocycles. The normalized spacial score (nSPS) is 10.9. The van der Waals surface area contributed by atoms with Crippen LogP contribution in [0.1, 0.15) is 89.2 Å². The van der Waals surface area contributed by atoms with Gasteiger partial charge in [-0.3, -0.25) is 0 Å². The van der Waals surface area contributed by atoms with Gasteiger partial charge < -0.3 is 0 Å². The van der Waals surface area contributed by atoms with Crippen LogP contribution in [0.3, 0.4) is 0 Å². The Labute approximate surface area is 127 Å². The summed E-state index contributed by atoms with van der Waals surface area (Å²) in [5.74, 6) is 0. The molecule has 0 aliphatic carbocycles. The number of aryl methyl sites for hydroxylation is 2. The van der Waals surface area contributed by atoms with Crippen molar-refractivity contribution in [1.29, 1.82) is 0 Å². The van der Waals surface area contributed by atoms with Crippen LogP contribution in [0.2, 0.25) is 0 Å². The van der Waals surface area contributed by atoms with Crippen molar-refractivity contribution in [2.45, 2.75) is 90.9 Å². The molecular weight excluding hydrogens is 240 g/mol. The summed E-state index contributed by atoms with van der Waals surface area (Å²) in [5, 5.41) is 0. The zero-order chi connectivity index (χ0) is 14.5. The third-order valence-electron chi connectivity index (χ3n) is 4.12. The fourth-order valence-electron chi connectivity index (χ4n) is 2.80. The number of unbranched alkanes of at least 4 members (excludes halogenated alkanes) is 8. The first-order chi connectivity index (χ1) is 9.88. The van der Waals surface area contributed by atoms with Crippen LogP contribution in [0.4, 0.5) is 0 Å². The van der Waals surface area contributed by atoms with E-state index in [4.69, 9.17) is 0 Å². The Morgan fingerprint density at radius 3 is 2.00 bits per heavy atom. The first kappa shape index (κ1) is 17.3. The highest BCUT2D eigenvalue weighted by Gasteiger charge is 2.02. The summed E-state index contributed by atoms with van der Waals surface area (Å²) in [6, 6.07) is 10.0. The first-order valence-electron chi connectivity index (χ1n) is 8.87. The molecule has 1 aromatic carbocycles. The average molecular weight is 273 g/mol. The predicted molar refractivity (Wildman–Crippen MR) is 90.2 cm³/mol. The van der Waals surface area contributed by atoms with Crippen LogP contribution in [0, 0.1) is 6.07 Å². The molecule has 0 N–H and O–H groups in total. The van der Waals surface area contributed by atoms with Crippen LogP contribution < -0.4 is 0 Å². The van der Waals surface area contributed by atoms with Gasteiger partial charge in [0.15, 0.2) is 0 Å². The van der Waals surface area contributed by atoms with E-state index in [0.717, 1.165) is 0 Å². The van der Waals surface area contributed by atoms with Gasteiger partial charge in [0.2, 0.25) is 0 Å². The Bertz CT molecular complexity index is 294. The molecule has 1 radical (unpaired) electrons. The molecule has 0 aromatic heterocycles. The second-order valence-electron chi connectivity index (χ2n) is 6.00. The Kier molecular flexibility index (Phi) is 10.4. The molecule has 0 nitrogen and oxygen atoms in total. The van der Waals surface area contributed by atoms with Gasteiger partial charge in [-0.2, -0.15) is 0 Å². The van der Waals surface area contributed by atoms with Crippen LogP contribution in [0.5, 0.6) is 0 Å². The standard InChI is InChI=1S/C20H33/c1-3-5-7-9-11-15-19-17-13-14-18-20(19)16-12-10-8-6-4-2/h13-14,17H,3-12,15-16H2,1-2H3. The van der Waals surface area contributed by atoms with Gasteiger partial charge in [-0.15, -0.1) is 0 Å². The molecule has 0 saturated heterocycles. The molecule has 1 aromatic rings. The smallest absolute Gasteiger partial charge is 0.0146 e. The highest BCUT2D eigenvalue weighted by atomic mass is 14.1. The van der Waals surface area contributed by atoms with Crippen LogP contribution in [-0.4, -0.2) is 0 Å². The quantitative estimate of drug-likeness (QED) is 0.381. The summed E-state index contributed by atoms with van der Waals surface area (Å²) in [6.07, 6.45) is 16.2. The van der Waals surface area contributed by atoms with E-state index in [0.29, 0.717) is 0 Å². The fraction of sp³-hybridized carbons (Fsp3) is 0.700. The zero-order valence-electron chi connectivity index (χ0n) is 13.7. The lowest BCUT2D eigenvalue weighted by atomic mass is 9.96. The van der Waals surface area contributed by atoms with Gasteiger partial charge in [-0.25, -0.2) is 0 Å². The van der Waals surface area contributed by atoms with Gasteiger partial charge in [0, 0.05) is 0 Å². The lowest BCUT2D eigenvalue weighted by molar-refractivity contribution is 0.620. The van der Waals surface area contributed by atoms with Gasteiger partial charge in [-0.05, 0) is 42.9 Å².